The molecular weight excluding hydrogens is 307 g/mol. The third-order valence-electron chi connectivity index (χ3n) is 2.19. The van der Waals surface area contributed by atoms with Crippen molar-refractivity contribution in [2.75, 3.05) is 0 Å². The van der Waals surface area contributed by atoms with E-state index in [1.165, 1.54) is 32.0 Å². The quantitative estimate of drug-likeness (QED) is 0.784. The molecule has 0 saturated carbocycles. The highest BCUT2D eigenvalue weighted by atomic mass is 79.9. The van der Waals surface area contributed by atoms with Crippen molar-refractivity contribution in [3.05, 3.63) is 34.1 Å². The highest BCUT2D eigenvalue weighted by Gasteiger charge is 2.36. The van der Waals surface area contributed by atoms with Gasteiger partial charge < -0.3 is 0 Å². The molecule has 0 atom stereocenters. The van der Waals surface area contributed by atoms with Crippen LogP contribution in [0, 0.1) is 5.82 Å². The van der Waals surface area contributed by atoms with Crippen LogP contribution in [0.3, 0.4) is 0 Å². The lowest BCUT2D eigenvalue weighted by atomic mass is 10.0. The SMILES string of the molecule is CC(C)(c1cc(Br)ccc1F)S(=O)(=O)Cl. The summed E-state index contributed by atoms with van der Waals surface area (Å²) < 4.78 is 35.2. The molecule has 1 rings (SSSR count). The highest BCUT2D eigenvalue weighted by molar-refractivity contribution is 9.10. The summed E-state index contributed by atoms with van der Waals surface area (Å²) in [6.45, 7) is 2.72. The summed E-state index contributed by atoms with van der Waals surface area (Å²) in [7, 11) is 1.39. The van der Waals surface area contributed by atoms with Crippen LogP contribution in [0.1, 0.15) is 19.4 Å². The number of hydrogen-bond acceptors (Lipinski definition) is 2. The van der Waals surface area contributed by atoms with Gasteiger partial charge in [-0.2, -0.15) is 0 Å². The van der Waals surface area contributed by atoms with Gasteiger partial charge >= 0.3 is 0 Å². The lowest BCUT2D eigenvalue weighted by Gasteiger charge is -2.21. The van der Waals surface area contributed by atoms with Gasteiger partial charge in [0.2, 0.25) is 9.05 Å². The maximum Gasteiger partial charge on any atom is 0.242 e. The Bertz CT molecular complexity index is 485. The van der Waals surface area contributed by atoms with E-state index in [9.17, 15) is 12.8 Å². The smallest absolute Gasteiger partial charge is 0.211 e. The molecule has 0 unspecified atom stereocenters. The molecule has 0 radical (unpaired) electrons. The molecule has 6 heteroatoms. The average molecular weight is 316 g/mol. The predicted octanol–water partition coefficient (Wildman–Crippen LogP) is 3.39. The van der Waals surface area contributed by atoms with E-state index in [0.29, 0.717) is 4.47 Å². The molecule has 0 saturated heterocycles. The Kier molecular flexibility index (Phi) is 3.48. The molecule has 0 spiro atoms. The minimum absolute atomic E-state index is 0.0480. The summed E-state index contributed by atoms with van der Waals surface area (Å²) in [6, 6.07) is 4.11. The Balaban J connectivity index is 3.46. The largest absolute Gasteiger partial charge is 0.242 e. The van der Waals surface area contributed by atoms with Crippen LogP contribution in [-0.4, -0.2) is 8.42 Å². The summed E-state index contributed by atoms with van der Waals surface area (Å²) in [5.74, 6) is -0.590. The first-order valence-corrected chi connectivity index (χ1v) is 7.16. The first kappa shape index (κ1) is 12.9. The van der Waals surface area contributed by atoms with Crippen LogP contribution >= 0.6 is 26.6 Å². The van der Waals surface area contributed by atoms with Crippen LogP contribution in [0.25, 0.3) is 0 Å². The second kappa shape index (κ2) is 4.03. The van der Waals surface area contributed by atoms with Crippen LogP contribution in [0.15, 0.2) is 22.7 Å². The summed E-state index contributed by atoms with van der Waals surface area (Å²) in [5, 5.41) is 0. The van der Waals surface area contributed by atoms with Gasteiger partial charge in [-0.05, 0) is 32.0 Å². The van der Waals surface area contributed by atoms with Crippen molar-refractivity contribution < 1.29 is 12.8 Å². The molecule has 0 amide bonds. The van der Waals surface area contributed by atoms with E-state index in [2.05, 4.69) is 15.9 Å². The summed E-state index contributed by atoms with van der Waals surface area (Å²) in [5.41, 5.74) is 0.0480. The van der Waals surface area contributed by atoms with Crippen LogP contribution in [0.4, 0.5) is 4.39 Å². The van der Waals surface area contributed by atoms with E-state index >= 15 is 0 Å². The fourth-order valence-corrected chi connectivity index (χ4v) is 2.12. The maximum absolute atomic E-state index is 13.5. The third kappa shape index (κ3) is 2.52. The van der Waals surface area contributed by atoms with Gasteiger partial charge in [0.1, 0.15) is 10.6 Å². The Hall–Kier alpha value is -0.130. The first-order valence-electron chi connectivity index (χ1n) is 4.06. The molecule has 0 N–H and O–H groups in total. The van der Waals surface area contributed by atoms with Gasteiger partial charge in [0.05, 0.1) is 0 Å². The maximum atomic E-state index is 13.5. The third-order valence-corrected chi connectivity index (χ3v) is 5.28. The molecule has 1 aromatic rings. The van der Waals surface area contributed by atoms with Crippen molar-refractivity contribution in [2.24, 2.45) is 0 Å². The van der Waals surface area contributed by atoms with Gasteiger partial charge in [0, 0.05) is 20.7 Å². The second-order valence-corrected chi connectivity index (χ2v) is 7.60. The summed E-state index contributed by atoms with van der Waals surface area (Å²) in [6.07, 6.45) is 0. The predicted molar refractivity (Wildman–Crippen MR) is 61.9 cm³/mol. The van der Waals surface area contributed by atoms with Crippen LogP contribution < -0.4 is 0 Å². The number of hydrogen-bond donors (Lipinski definition) is 0. The molecule has 0 aliphatic heterocycles. The van der Waals surface area contributed by atoms with E-state index < -0.39 is 19.6 Å². The average Bonchev–Trinajstić information content (AvgIpc) is 2.07. The van der Waals surface area contributed by atoms with Crippen molar-refractivity contribution in [1.82, 2.24) is 0 Å². The molecule has 0 bridgehead atoms. The molecule has 84 valence electrons. The monoisotopic (exact) mass is 314 g/mol. The Morgan fingerprint density at radius 3 is 2.40 bits per heavy atom. The lowest BCUT2D eigenvalue weighted by Crippen LogP contribution is -2.26. The zero-order chi connectivity index (χ0) is 11.9. The van der Waals surface area contributed by atoms with Crippen LogP contribution in [0.2, 0.25) is 0 Å². The summed E-state index contributed by atoms with van der Waals surface area (Å²) >= 11 is 3.15. The molecule has 15 heavy (non-hydrogen) atoms. The van der Waals surface area contributed by atoms with Crippen molar-refractivity contribution in [3.8, 4) is 0 Å². The van der Waals surface area contributed by atoms with E-state index in [1.807, 2.05) is 0 Å². The molecule has 0 heterocycles. The Morgan fingerprint density at radius 1 is 1.40 bits per heavy atom. The normalized spacial score (nSPS) is 12.9. The van der Waals surface area contributed by atoms with E-state index in [4.69, 9.17) is 10.7 Å². The van der Waals surface area contributed by atoms with E-state index in [-0.39, 0.29) is 5.56 Å². The molecule has 0 aromatic heterocycles. The Labute approximate surface area is 101 Å². The first-order chi connectivity index (χ1) is 6.66. The number of benzene rings is 1. The van der Waals surface area contributed by atoms with Gasteiger partial charge in [-0.25, -0.2) is 12.8 Å². The second-order valence-electron chi connectivity index (χ2n) is 3.57. The van der Waals surface area contributed by atoms with E-state index in [1.54, 1.807) is 0 Å². The number of halogens is 3. The van der Waals surface area contributed by atoms with Crippen LogP contribution in [-0.2, 0) is 13.8 Å². The Morgan fingerprint density at radius 2 is 1.93 bits per heavy atom. The zero-order valence-electron chi connectivity index (χ0n) is 8.09. The van der Waals surface area contributed by atoms with Gasteiger partial charge in [-0.3, -0.25) is 0 Å². The fourth-order valence-electron chi connectivity index (χ4n) is 1.09. The fraction of sp³-hybridized carbons (Fsp3) is 0.333. The van der Waals surface area contributed by atoms with E-state index in [0.717, 1.165) is 0 Å². The van der Waals surface area contributed by atoms with Gasteiger partial charge in [-0.1, -0.05) is 15.9 Å². The topological polar surface area (TPSA) is 34.1 Å². The van der Waals surface area contributed by atoms with Gasteiger partial charge in [0.15, 0.2) is 0 Å². The van der Waals surface area contributed by atoms with Crippen molar-refractivity contribution >= 4 is 35.7 Å². The minimum Gasteiger partial charge on any atom is -0.211 e. The molecule has 0 aliphatic rings. The molecule has 0 aliphatic carbocycles. The lowest BCUT2D eigenvalue weighted by molar-refractivity contribution is 0.544. The molecule has 2 nitrogen and oxygen atoms in total. The standard InChI is InChI=1S/C9H9BrClFO2S/c1-9(2,15(11,13)14)7-5-6(10)3-4-8(7)12/h3-5H,1-2H3. The molecule has 0 fully saturated rings. The zero-order valence-corrected chi connectivity index (χ0v) is 11.2. The van der Waals surface area contributed by atoms with Gasteiger partial charge in [-0.15, -0.1) is 0 Å². The minimum atomic E-state index is -3.88. The molecule has 1 aromatic carbocycles. The molecular formula is C9H9BrClFO2S. The summed E-state index contributed by atoms with van der Waals surface area (Å²) in [4.78, 5) is 0. The van der Waals surface area contributed by atoms with Crippen molar-refractivity contribution in [3.63, 3.8) is 0 Å². The van der Waals surface area contributed by atoms with Crippen molar-refractivity contribution in [1.29, 1.82) is 0 Å². The highest BCUT2D eigenvalue weighted by Crippen LogP contribution is 2.35. The van der Waals surface area contributed by atoms with Crippen LogP contribution in [0.5, 0.6) is 0 Å². The van der Waals surface area contributed by atoms with Gasteiger partial charge in [0.25, 0.3) is 0 Å². The number of rotatable bonds is 2. The van der Waals surface area contributed by atoms with Crippen molar-refractivity contribution in [2.45, 2.75) is 18.6 Å².